The zero-order chi connectivity index (χ0) is 22.5. The Kier molecular flexibility index (Phi) is 6.15. The van der Waals surface area contributed by atoms with Crippen LogP contribution >= 0.6 is 11.8 Å². The number of benzene rings is 3. The van der Waals surface area contributed by atoms with Crippen molar-refractivity contribution in [1.29, 1.82) is 5.26 Å². The molecule has 0 fully saturated rings. The zero-order valence-electron chi connectivity index (χ0n) is 16.8. The van der Waals surface area contributed by atoms with Gasteiger partial charge in [0, 0.05) is 5.69 Å². The monoisotopic (exact) mass is 439 g/mol. The van der Waals surface area contributed by atoms with Crippen LogP contribution in [0.5, 0.6) is 0 Å². The van der Waals surface area contributed by atoms with Gasteiger partial charge in [0.25, 0.3) is 5.91 Å². The lowest BCUT2D eigenvalue weighted by molar-refractivity contribution is -0.136. The van der Waals surface area contributed by atoms with Gasteiger partial charge in [-0.05, 0) is 58.3 Å². The van der Waals surface area contributed by atoms with Gasteiger partial charge in [0.15, 0.2) is 5.17 Å². The molecule has 0 bridgehead atoms. The molecule has 3 aromatic carbocycles. The topological polar surface area (TPSA) is 103 Å². The summed E-state index contributed by atoms with van der Waals surface area (Å²) in [7, 11) is 0. The van der Waals surface area contributed by atoms with Gasteiger partial charge in [-0.2, -0.15) is 10.3 Å². The van der Waals surface area contributed by atoms with Crippen LogP contribution in [0.25, 0.3) is 17.2 Å². The molecule has 1 aliphatic rings. The zero-order valence-corrected chi connectivity index (χ0v) is 17.6. The van der Waals surface area contributed by atoms with Gasteiger partial charge in [-0.1, -0.05) is 54.6 Å². The largest absolute Gasteiger partial charge is 0.481 e. The van der Waals surface area contributed by atoms with E-state index < -0.39 is 5.97 Å². The lowest BCUT2D eigenvalue weighted by Gasteiger charge is -2.06. The molecule has 32 heavy (non-hydrogen) atoms. The summed E-state index contributed by atoms with van der Waals surface area (Å²) in [6.45, 7) is 0. The second-order valence-corrected chi connectivity index (χ2v) is 8.04. The third-order valence-electron chi connectivity index (χ3n) is 4.75. The third kappa shape index (κ3) is 4.94. The highest BCUT2D eigenvalue weighted by molar-refractivity contribution is 8.18. The van der Waals surface area contributed by atoms with E-state index in [9.17, 15) is 14.9 Å². The Labute approximate surface area is 188 Å². The molecule has 1 aliphatic heterocycles. The summed E-state index contributed by atoms with van der Waals surface area (Å²) in [5.41, 5.74) is 4.68. The minimum Gasteiger partial charge on any atom is -0.481 e. The van der Waals surface area contributed by atoms with Gasteiger partial charge < -0.3 is 10.4 Å². The number of carboxylic acid groups (broad SMARTS) is 1. The highest BCUT2D eigenvalue weighted by Gasteiger charge is 2.22. The van der Waals surface area contributed by atoms with E-state index in [4.69, 9.17) is 5.11 Å². The van der Waals surface area contributed by atoms with Gasteiger partial charge in [-0.15, -0.1) is 0 Å². The quantitative estimate of drug-likeness (QED) is 0.546. The first-order valence-electron chi connectivity index (χ1n) is 9.72. The molecule has 6 nitrogen and oxygen atoms in total. The van der Waals surface area contributed by atoms with Gasteiger partial charge in [-0.25, -0.2) is 0 Å². The van der Waals surface area contributed by atoms with Crippen molar-refractivity contribution in [3.63, 3.8) is 0 Å². The smallest absolute Gasteiger partial charge is 0.307 e. The molecular formula is C25H17N3O3S. The van der Waals surface area contributed by atoms with Crippen molar-refractivity contribution in [2.45, 2.75) is 6.42 Å². The van der Waals surface area contributed by atoms with Crippen molar-refractivity contribution in [1.82, 2.24) is 0 Å². The molecule has 0 radical (unpaired) electrons. The van der Waals surface area contributed by atoms with Crippen LogP contribution in [0.1, 0.15) is 16.7 Å². The number of nitriles is 1. The van der Waals surface area contributed by atoms with Gasteiger partial charge in [0.2, 0.25) is 0 Å². The number of carbonyl (C=O) groups is 2. The predicted molar refractivity (Wildman–Crippen MR) is 126 cm³/mol. The lowest BCUT2D eigenvalue weighted by atomic mass is 9.99. The summed E-state index contributed by atoms with van der Waals surface area (Å²) < 4.78 is 0. The van der Waals surface area contributed by atoms with Crippen LogP contribution in [0.4, 0.5) is 5.69 Å². The van der Waals surface area contributed by atoms with Crippen LogP contribution in [-0.4, -0.2) is 22.2 Å². The Bertz CT molecular complexity index is 1290. The van der Waals surface area contributed by atoms with Gasteiger partial charge in [0.05, 0.1) is 23.0 Å². The molecule has 0 aliphatic carbocycles. The number of carboxylic acids is 1. The molecule has 156 valence electrons. The number of amidine groups is 1. The first-order chi connectivity index (χ1) is 15.5. The highest BCUT2D eigenvalue weighted by Crippen LogP contribution is 2.30. The summed E-state index contributed by atoms with van der Waals surface area (Å²) in [4.78, 5) is 27.6. The van der Waals surface area contributed by atoms with Crippen LogP contribution in [0.15, 0.2) is 82.7 Å². The summed E-state index contributed by atoms with van der Waals surface area (Å²) in [6, 6.07) is 24.2. The normalized spacial score (nSPS) is 14.2. The number of amides is 1. The van der Waals surface area contributed by atoms with E-state index in [1.54, 1.807) is 36.4 Å². The van der Waals surface area contributed by atoms with Crippen molar-refractivity contribution in [3.05, 3.63) is 94.4 Å². The maximum atomic E-state index is 12.3. The number of hydrogen-bond acceptors (Lipinski definition) is 5. The predicted octanol–water partition coefficient (Wildman–Crippen LogP) is 4.93. The van der Waals surface area contributed by atoms with E-state index in [2.05, 4.69) is 16.4 Å². The fourth-order valence-corrected chi connectivity index (χ4v) is 4.04. The van der Waals surface area contributed by atoms with Crippen molar-refractivity contribution in [3.8, 4) is 17.2 Å². The van der Waals surface area contributed by atoms with Crippen LogP contribution < -0.4 is 5.32 Å². The maximum absolute atomic E-state index is 12.3. The average molecular weight is 439 g/mol. The number of rotatable bonds is 5. The summed E-state index contributed by atoms with van der Waals surface area (Å²) in [5.74, 6) is -1.21. The molecule has 0 atom stereocenters. The number of nitrogens with zero attached hydrogens (tertiary/aromatic N) is 2. The van der Waals surface area contributed by atoms with Crippen LogP contribution in [0.2, 0.25) is 0 Å². The van der Waals surface area contributed by atoms with E-state index in [1.165, 1.54) is 11.8 Å². The van der Waals surface area contributed by atoms with Crippen molar-refractivity contribution < 1.29 is 14.7 Å². The van der Waals surface area contributed by atoms with Crippen molar-refractivity contribution in [2.75, 3.05) is 5.32 Å². The summed E-state index contributed by atoms with van der Waals surface area (Å²) >= 11 is 1.24. The fraction of sp³-hybridized carbons (Fsp3) is 0.0400. The Morgan fingerprint density at radius 2 is 1.78 bits per heavy atom. The standard InChI is InChI=1S/C25H17N3O3S/c26-15-19-3-1-2-4-21(19)18-9-5-16(6-10-18)13-22-24(31)28-25(32-22)27-20-11-7-17(8-12-20)14-23(29)30/h1-13H,14H2,(H,29,30)(H,27,28,31)/b22-13-. The number of hydrogen-bond donors (Lipinski definition) is 2. The Morgan fingerprint density at radius 1 is 1.06 bits per heavy atom. The van der Waals surface area contributed by atoms with Crippen LogP contribution in [-0.2, 0) is 16.0 Å². The molecular weight excluding hydrogens is 422 g/mol. The summed E-state index contributed by atoms with van der Waals surface area (Å²) in [6.07, 6.45) is 1.74. The number of aliphatic carboxylic acids is 1. The average Bonchev–Trinajstić information content (AvgIpc) is 3.13. The molecule has 0 saturated heterocycles. The molecule has 3 aromatic rings. The van der Waals surface area contributed by atoms with E-state index in [0.29, 0.717) is 21.2 Å². The number of aliphatic imine (C=N–C) groups is 1. The van der Waals surface area contributed by atoms with Crippen molar-refractivity contribution in [2.24, 2.45) is 4.99 Å². The molecule has 4 rings (SSSR count). The van der Waals surface area contributed by atoms with Crippen LogP contribution in [0.3, 0.4) is 0 Å². The van der Waals surface area contributed by atoms with Crippen molar-refractivity contribution >= 4 is 40.6 Å². The number of thioether (sulfide) groups is 1. The molecule has 0 aromatic heterocycles. The molecule has 1 amide bonds. The van der Waals surface area contributed by atoms with Gasteiger partial charge in [0.1, 0.15) is 0 Å². The molecule has 0 unspecified atom stereocenters. The van der Waals surface area contributed by atoms with E-state index in [0.717, 1.165) is 22.4 Å². The van der Waals surface area contributed by atoms with Gasteiger partial charge >= 0.3 is 5.97 Å². The van der Waals surface area contributed by atoms with E-state index in [1.807, 2.05) is 42.5 Å². The number of anilines is 1. The highest BCUT2D eigenvalue weighted by atomic mass is 32.2. The second kappa shape index (κ2) is 9.33. The van der Waals surface area contributed by atoms with Crippen LogP contribution in [0, 0.1) is 11.3 Å². The van der Waals surface area contributed by atoms with E-state index >= 15 is 0 Å². The number of carbonyl (C=O) groups excluding carboxylic acids is 1. The van der Waals surface area contributed by atoms with Gasteiger partial charge in [-0.3, -0.25) is 9.59 Å². The third-order valence-corrected chi connectivity index (χ3v) is 5.65. The molecule has 1 heterocycles. The first kappa shape index (κ1) is 21.1. The molecule has 7 heteroatoms. The molecule has 0 spiro atoms. The second-order valence-electron chi connectivity index (χ2n) is 7.00. The summed E-state index contributed by atoms with van der Waals surface area (Å²) in [5, 5.41) is 21.7. The molecule has 0 saturated carbocycles. The Hall–Kier alpha value is -4.15. The van der Waals surface area contributed by atoms with E-state index in [-0.39, 0.29) is 12.3 Å². The fourth-order valence-electron chi connectivity index (χ4n) is 3.21. The SMILES string of the molecule is N#Cc1ccccc1-c1ccc(/C=C2\SC(Nc3ccc(CC(=O)O)cc3)=NC2=O)cc1. The lowest BCUT2D eigenvalue weighted by Crippen LogP contribution is -2.05. The maximum Gasteiger partial charge on any atom is 0.307 e. The number of nitrogens with one attached hydrogen (secondary N) is 1. The molecule has 2 N–H and O–H groups in total. The Morgan fingerprint density at radius 3 is 2.47 bits per heavy atom. The minimum atomic E-state index is -0.885. The Balaban J connectivity index is 1.44. The first-order valence-corrected chi connectivity index (χ1v) is 10.5. The minimum absolute atomic E-state index is 0.0394.